The molecule has 0 radical (unpaired) electrons. The van der Waals surface area contributed by atoms with Crippen molar-refractivity contribution >= 4 is 41.7 Å². The Morgan fingerprint density at radius 1 is 1.43 bits per heavy atom. The molecule has 1 aliphatic rings. The summed E-state index contributed by atoms with van der Waals surface area (Å²) in [5.74, 6) is 1.64. The van der Waals surface area contributed by atoms with Crippen LogP contribution in [0.15, 0.2) is 40.2 Å². The fourth-order valence-electron chi connectivity index (χ4n) is 2.74. The van der Waals surface area contributed by atoms with Gasteiger partial charge in [0.1, 0.15) is 0 Å². The number of likely N-dealkylation sites (tertiary alicyclic amines) is 1. The standard InChI is InChI=1S/C17H27N3OS.HI/c1-14(22-16-7-5-4-6-8-16)11-19-17(18-2)20-10-9-15(12-20)13-21-3;/h4-8,14-15H,9-13H2,1-3H3,(H,18,19);1H. The molecule has 2 atom stereocenters. The molecule has 1 aliphatic heterocycles. The quantitative estimate of drug-likeness (QED) is 0.313. The molecule has 0 saturated carbocycles. The summed E-state index contributed by atoms with van der Waals surface area (Å²) in [6.45, 7) is 6.10. The number of nitrogens with one attached hydrogen (secondary N) is 1. The van der Waals surface area contributed by atoms with Crippen LogP contribution in [0.5, 0.6) is 0 Å². The summed E-state index contributed by atoms with van der Waals surface area (Å²) >= 11 is 1.89. The zero-order valence-corrected chi connectivity index (χ0v) is 17.3. The molecule has 1 aromatic carbocycles. The number of methoxy groups -OCH3 is 1. The minimum atomic E-state index is 0. The number of nitrogens with zero attached hydrogens (tertiary/aromatic N) is 2. The van der Waals surface area contributed by atoms with Gasteiger partial charge in [-0.1, -0.05) is 25.1 Å². The lowest BCUT2D eigenvalue weighted by atomic mass is 10.1. The van der Waals surface area contributed by atoms with Crippen LogP contribution in [0.3, 0.4) is 0 Å². The summed E-state index contributed by atoms with van der Waals surface area (Å²) in [5.41, 5.74) is 0. The molecule has 1 heterocycles. The van der Waals surface area contributed by atoms with E-state index in [0.29, 0.717) is 11.2 Å². The van der Waals surface area contributed by atoms with E-state index in [1.54, 1.807) is 7.11 Å². The topological polar surface area (TPSA) is 36.9 Å². The Labute approximate surface area is 161 Å². The molecule has 130 valence electrons. The fraction of sp³-hybridized carbons (Fsp3) is 0.588. The molecule has 0 amide bonds. The molecule has 1 N–H and O–H groups in total. The van der Waals surface area contributed by atoms with E-state index in [1.165, 1.54) is 11.3 Å². The first-order valence-electron chi connectivity index (χ1n) is 7.89. The van der Waals surface area contributed by atoms with Gasteiger partial charge in [-0.2, -0.15) is 0 Å². The smallest absolute Gasteiger partial charge is 0.193 e. The van der Waals surface area contributed by atoms with Crippen LogP contribution in [0.2, 0.25) is 0 Å². The Hall–Kier alpha value is -0.470. The van der Waals surface area contributed by atoms with E-state index in [1.807, 2.05) is 18.8 Å². The summed E-state index contributed by atoms with van der Waals surface area (Å²) < 4.78 is 5.26. The van der Waals surface area contributed by atoms with E-state index in [9.17, 15) is 0 Å². The van der Waals surface area contributed by atoms with E-state index in [4.69, 9.17) is 4.74 Å². The first-order chi connectivity index (χ1) is 10.7. The molecule has 4 nitrogen and oxygen atoms in total. The molecule has 1 fully saturated rings. The molecular formula is C17H28IN3OS. The molecule has 0 aromatic heterocycles. The molecule has 6 heteroatoms. The number of aliphatic imine (C=N–C) groups is 1. The first kappa shape index (κ1) is 20.6. The Kier molecular flexibility index (Phi) is 9.97. The largest absolute Gasteiger partial charge is 0.384 e. The lowest BCUT2D eigenvalue weighted by molar-refractivity contribution is 0.157. The highest BCUT2D eigenvalue weighted by molar-refractivity contribution is 14.0. The van der Waals surface area contributed by atoms with E-state index in [2.05, 4.69) is 52.5 Å². The molecule has 2 rings (SSSR count). The number of benzene rings is 1. The van der Waals surface area contributed by atoms with Crippen molar-refractivity contribution in [2.24, 2.45) is 10.9 Å². The molecule has 0 bridgehead atoms. The van der Waals surface area contributed by atoms with Crippen molar-refractivity contribution in [3.63, 3.8) is 0 Å². The first-order valence-corrected chi connectivity index (χ1v) is 8.77. The lowest BCUT2D eigenvalue weighted by Gasteiger charge is -2.23. The van der Waals surface area contributed by atoms with Gasteiger partial charge in [0.05, 0.1) is 6.61 Å². The average molecular weight is 449 g/mol. The summed E-state index contributed by atoms with van der Waals surface area (Å²) in [6.07, 6.45) is 1.18. The summed E-state index contributed by atoms with van der Waals surface area (Å²) in [5, 5.41) is 4.01. The zero-order valence-electron chi connectivity index (χ0n) is 14.2. The van der Waals surface area contributed by atoms with Crippen molar-refractivity contribution in [1.29, 1.82) is 0 Å². The van der Waals surface area contributed by atoms with Gasteiger partial charge in [-0.15, -0.1) is 35.7 Å². The number of halogens is 1. The molecule has 2 unspecified atom stereocenters. The van der Waals surface area contributed by atoms with Gasteiger partial charge in [-0.05, 0) is 18.6 Å². The number of rotatable bonds is 6. The Balaban J connectivity index is 0.00000264. The summed E-state index contributed by atoms with van der Waals surface area (Å²) in [6, 6.07) is 10.5. The molecule has 1 aromatic rings. The second-order valence-electron chi connectivity index (χ2n) is 5.73. The van der Waals surface area contributed by atoms with E-state index >= 15 is 0 Å². The SMILES string of the molecule is CN=C(NCC(C)Sc1ccccc1)N1CCC(COC)C1.I. The van der Waals surface area contributed by atoms with Crippen LogP contribution >= 0.6 is 35.7 Å². The summed E-state index contributed by atoms with van der Waals surface area (Å²) in [4.78, 5) is 8.07. The minimum absolute atomic E-state index is 0. The summed E-state index contributed by atoms with van der Waals surface area (Å²) in [7, 11) is 3.64. The zero-order chi connectivity index (χ0) is 15.8. The van der Waals surface area contributed by atoms with Gasteiger partial charge in [0, 0.05) is 49.9 Å². The molecule has 0 aliphatic carbocycles. The van der Waals surface area contributed by atoms with Crippen molar-refractivity contribution < 1.29 is 4.74 Å². The van der Waals surface area contributed by atoms with Gasteiger partial charge >= 0.3 is 0 Å². The van der Waals surface area contributed by atoms with Crippen molar-refractivity contribution in [3.05, 3.63) is 30.3 Å². The van der Waals surface area contributed by atoms with Crippen LogP contribution in [0.1, 0.15) is 13.3 Å². The third-order valence-corrected chi connectivity index (χ3v) is 4.94. The lowest BCUT2D eigenvalue weighted by Crippen LogP contribution is -2.42. The van der Waals surface area contributed by atoms with Crippen molar-refractivity contribution in [1.82, 2.24) is 10.2 Å². The number of guanidine groups is 1. The molecule has 23 heavy (non-hydrogen) atoms. The highest BCUT2D eigenvalue weighted by atomic mass is 127. The Bertz CT molecular complexity index is 472. The van der Waals surface area contributed by atoms with Crippen molar-refractivity contribution in [2.45, 2.75) is 23.5 Å². The Morgan fingerprint density at radius 3 is 2.83 bits per heavy atom. The van der Waals surface area contributed by atoms with Gasteiger partial charge in [-0.3, -0.25) is 4.99 Å². The molecule has 0 spiro atoms. The molecular weight excluding hydrogens is 421 g/mol. The Morgan fingerprint density at radius 2 is 2.17 bits per heavy atom. The highest BCUT2D eigenvalue weighted by Gasteiger charge is 2.24. The van der Waals surface area contributed by atoms with Crippen LogP contribution in [0, 0.1) is 5.92 Å². The van der Waals surface area contributed by atoms with Crippen LogP contribution in [0.25, 0.3) is 0 Å². The normalized spacial score (nSPS) is 19.3. The fourth-order valence-corrected chi connectivity index (χ4v) is 3.68. The molecule has 1 saturated heterocycles. The number of ether oxygens (including phenoxy) is 1. The van der Waals surface area contributed by atoms with E-state index in [0.717, 1.165) is 32.2 Å². The van der Waals surface area contributed by atoms with Gasteiger partial charge in [0.15, 0.2) is 5.96 Å². The van der Waals surface area contributed by atoms with Crippen molar-refractivity contribution in [3.8, 4) is 0 Å². The second-order valence-corrected chi connectivity index (χ2v) is 7.24. The highest BCUT2D eigenvalue weighted by Crippen LogP contribution is 2.22. The number of hydrogen-bond acceptors (Lipinski definition) is 3. The van der Waals surface area contributed by atoms with Gasteiger partial charge < -0.3 is 15.0 Å². The predicted molar refractivity (Wildman–Crippen MR) is 110 cm³/mol. The third kappa shape index (κ3) is 6.89. The van der Waals surface area contributed by atoms with Gasteiger partial charge in [0.25, 0.3) is 0 Å². The van der Waals surface area contributed by atoms with Crippen LogP contribution in [-0.4, -0.2) is 56.5 Å². The van der Waals surface area contributed by atoms with Crippen LogP contribution < -0.4 is 5.32 Å². The van der Waals surface area contributed by atoms with Gasteiger partial charge in [0.2, 0.25) is 0 Å². The van der Waals surface area contributed by atoms with Crippen LogP contribution in [0.4, 0.5) is 0 Å². The maximum absolute atomic E-state index is 5.26. The number of hydrogen-bond donors (Lipinski definition) is 1. The third-order valence-electron chi connectivity index (χ3n) is 3.83. The predicted octanol–water partition coefficient (Wildman–Crippen LogP) is 3.33. The van der Waals surface area contributed by atoms with Crippen LogP contribution in [-0.2, 0) is 4.74 Å². The van der Waals surface area contributed by atoms with E-state index in [-0.39, 0.29) is 24.0 Å². The van der Waals surface area contributed by atoms with Gasteiger partial charge in [-0.25, -0.2) is 0 Å². The van der Waals surface area contributed by atoms with E-state index < -0.39 is 0 Å². The maximum Gasteiger partial charge on any atom is 0.193 e. The number of thioether (sulfide) groups is 1. The minimum Gasteiger partial charge on any atom is -0.384 e. The monoisotopic (exact) mass is 449 g/mol. The second kappa shape index (κ2) is 11.1. The van der Waals surface area contributed by atoms with Crippen molar-refractivity contribution in [2.75, 3.05) is 40.4 Å². The maximum atomic E-state index is 5.26. The average Bonchev–Trinajstić information content (AvgIpc) is 2.98.